The maximum Gasteiger partial charge on any atom is 0.128 e. The van der Waals surface area contributed by atoms with Gasteiger partial charge in [-0.25, -0.2) is 4.98 Å². The van der Waals surface area contributed by atoms with Crippen LogP contribution in [0.15, 0.2) is 12.1 Å². The highest BCUT2D eigenvalue weighted by atomic mass is 15.2. The number of hydrogen-bond donors (Lipinski definition) is 1. The topological polar surface area (TPSA) is 28.2 Å². The first kappa shape index (κ1) is 10.8. The molecule has 2 unspecified atom stereocenters. The van der Waals surface area contributed by atoms with Gasteiger partial charge in [-0.2, -0.15) is 0 Å². The predicted molar refractivity (Wildman–Crippen MR) is 73.0 cm³/mol. The largest absolute Gasteiger partial charge is 0.355 e. The van der Waals surface area contributed by atoms with Crippen LogP contribution in [0, 0.1) is 5.92 Å². The van der Waals surface area contributed by atoms with E-state index < -0.39 is 0 Å². The highest BCUT2D eigenvalue weighted by Crippen LogP contribution is 2.30. The van der Waals surface area contributed by atoms with Crippen molar-refractivity contribution in [1.82, 2.24) is 10.3 Å². The minimum absolute atomic E-state index is 0.703. The van der Waals surface area contributed by atoms with Crippen molar-refractivity contribution in [2.24, 2.45) is 5.92 Å². The van der Waals surface area contributed by atoms with Gasteiger partial charge < -0.3 is 10.2 Å². The Morgan fingerprint density at radius 2 is 2.17 bits per heavy atom. The maximum atomic E-state index is 4.89. The number of nitrogens with zero attached hydrogens (tertiary/aromatic N) is 2. The lowest BCUT2D eigenvalue weighted by Gasteiger charge is -2.24. The molecular formula is C15H21N3. The molecule has 0 spiro atoms. The molecule has 2 atom stereocenters. The molecule has 1 aliphatic carbocycles. The van der Waals surface area contributed by atoms with Crippen LogP contribution in [0.4, 0.5) is 5.82 Å². The Labute approximate surface area is 109 Å². The normalized spacial score (nSPS) is 30.3. The van der Waals surface area contributed by atoms with Crippen molar-refractivity contribution in [2.45, 2.75) is 38.1 Å². The molecule has 2 fully saturated rings. The molecule has 2 saturated heterocycles. The van der Waals surface area contributed by atoms with Crippen molar-refractivity contribution < 1.29 is 0 Å². The van der Waals surface area contributed by atoms with E-state index >= 15 is 0 Å². The van der Waals surface area contributed by atoms with Gasteiger partial charge in [-0.05, 0) is 56.2 Å². The molecule has 1 aromatic heterocycles. The molecule has 0 radical (unpaired) electrons. The molecule has 3 nitrogen and oxygen atoms in total. The Morgan fingerprint density at radius 3 is 3.11 bits per heavy atom. The fraction of sp³-hybridized carbons (Fsp3) is 0.667. The first-order valence-corrected chi connectivity index (χ1v) is 7.37. The summed E-state index contributed by atoms with van der Waals surface area (Å²) in [6.07, 6.45) is 6.43. The summed E-state index contributed by atoms with van der Waals surface area (Å²) >= 11 is 0. The monoisotopic (exact) mass is 243 g/mol. The van der Waals surface area contributed by atoms with Gasteiger partial charge in [0, 0.05) is 24.8 Å². The van der Waals surface area contributed by atoms with E-state index in [0.717, 1.165) is 12.5 Å². The van der Waals surface area contributed by atoms with E-state index in [2.05, 4.69) is 22.3 Å². The Kier molecular flexibility index (Phi) is 2.54. The zero-order chi connectivity index (χ0) is 11.9. The number of hydrogen-bond acceptors (Lipinski definition) is 3. The summed E-state index contributed by atoms with van der Waals surface area (Å²) in [4.78, 5) is 7.38. The van der Waals surface area contributed by atoms with Gasteiger partial charge in [0.15, 0.2) is 0 Å². The predicted octanol–water partition coefficient (Wildman–Crippen LogP) is 1.76. The summed E-state index contributed by atoms with van der Waals surface area (Å²) < 4.78 is 0. The molecule has 0 amide bonds. The summed E-state index contributed by atoms with van der Waals surface area (Å²) in [5.74, 6) is 2.06. The molecule has 3 heterocycles. The average Bonchev–Trinajstić information content (AvgIpc) is 3.04. The van der Waals surface area contributed by atoms with E-state index in [4.69, 9.17) is 4.98 Å². The zero-order valence-corrected chi connectivity index (χ0v) is 10.9. The second kappa shape index (κ2) is 4.23. The van der Waals surface area contributed by atoms with Crippen molar-refractivity contribution in [3.8, 4) is 0 Å². The molecule has 0 aromatic carbocycles. The van der Waals surface area contributed by atoms with Crippen molar-refractivity contribution in [1.29, 1.82) is 0 Å². The van der Waals surface area contributed by atoms with Gasteiger partial charge >= 0.3 is 0 Å². The second-order valence-corrected chi connectivity index (χ2v) is 6.00. The van der Waals surface area contributed by atoms with Crippen LogP contribution in [-0.4, -0.2) is 30.7 Å². The minimum atomic E-state index is 0.703. The first-order valence-electron chi connectivity index (χ1n) is 7.37. The molecular weight excluding hydrogens is 222 g/mol. The third-order valence-corrected chi connectivity index (χ3v) is 4.84. The number of aromatic nitrogens is 1. The third kappa shape index (κ3) is 1.72. The van der Waals surface area contributed by atoms with Gasteiger partial charge in [-0.1, -0.05) is 6.07 Å². The second-order valence-electron chi connectivity index (χ2n) is 6.00. The third-order valence-electron chi connectivity index (χ3n) is 4.84. The molecule has 1 aromatic rings. The lowest BCUT2D eigenvalue weighted by Crippen LogP contribution is -2.40. The minimum Gasteiger partial charge on any atom is -0.355 e. The summed E-state index contributed by atoms with van der Waals surface area (Å²) in [6, 6.07) is 5.25. The molecule has 3 aliphatic rings. The molecule has 0 bridgehead atoms. The van der Waals surface area contributed by atoms with Gasteiger partial charge in [0.1, 0.15) is 5.82 Å². The van der Waals surface area contributed by atoms with Crippen molar-refractivity contribution in [2.75, 3.05) is 24.5 Å². The zero-order valence-electron chi connectivity index (χ0n) is 10.9. The fourth-order valence-electron chi connectivity index (χ4n) is 3.82. The lowest BCUT2D eigenvalue weighted by molar-refractivity contribution is 0.340. The smallest absolute Gasteiger partial charge is 0.128 e. The Hall–Kier alpha value is -1.09. The van der Waals surface area contributed by atoms with Gasteiger partial charge in [0.25, 0.3) is 0 Å². The Bertz CT molecular complexity index is 443. The quantitative estimate of drug-likeness (QED) is 0.814. The van der Waals surface area contributed by atoms with Crippen LogP contribution in [-0.2, 0) is 12.8 Å². The van der Waals surface area contributed by atoms with Crippen LogP contribution in [0.5, 0.6) is 0 Å². The van der Waals surface area contributed by atoms with Crippen LogP contribution in [0.25, 0.3) is 0 Å². The maximum absolute atomic E-state index is 4.89. The SMILES string of the molecule is c1cc2c(nc1N1CC3CCCNC3C1)CCC2. The van der Waals surface area contributed by atoms with Crippen molar-refractivity contribution in [3.05, 3.63) is 23.4 Å². The fourth-order valence-corrected chi connectivity index (χ4v) is 3.82. The molecule has 18 heavy (non-hydrogen) atoms. The number of pyridine rings is 1. The van der Waals surface area contributed by atoms with Crippen LogP contribution in [0.2, 0.25) is 0 Å². The van der Waals surface area contributed by atoms with Crippen molar-refractivity contribution >= 4 is 5.82 Å². The highest BCUT2D eigenvalue weighted by molar-refractivity contribution is 5.44. The van der Waals surface area contributed by atoms with Crippen LogP contribution >= 0.6 is 0 Å². The number of fused-ring (bicyclic) bond motifs is 2. The summed E-state index contributed by atoms with van der Waals surface area (Å²) in [5.41, 5.74) is 2.84. The van der Waals surface area contributed by atoms with E-state index in [0.29, 0.717) is 6.04 Å². The molecule has 3 heteroatoms. The lowest BCUT2D eigenvalue weighted by atomic mass is 9.94. The molecule has 4 rings (SSSR count). The Morgan fingerprint density at radius 1 is 1.17 bits per heavy atom. The van der Waals surface area contributed by atoms with Crippen LogP contribution in [0.3, 0.4) is 0 Å². The van der Waals surface area contributed by atoms with Crippen LogP contribution in [0.1, 0.15) is 30.5 Å². The van der Waals surface area contributed by atoms with Gasteiger partial charge in [0.2, 0.25) is 0 Å². The van der Waals surface area contributed by atoms with Gasteiger partial charge in [-0.15, -0.1) is 0 Å². The highest BCUT2D eigenvalue weighted by Gasteiger charge is 2.34. The van der Waals surface area contributed by atoms with Gasteiger partial charge in [0.05, 0.1) is 0 Å². The summed E-state index contributed by atoms with van der Waals surface area (Å²) in [5, 5.41) is 3.66. The number of nitrogens with one attached hydrogen (secondary N) is 1. The van der Waals surface area contributed by atoms with E-state index in [1.54, 1.807) is 0 Å². The summed E-state index contributed by atoms with van der Waals surface area (Å²) in [6.45, 7) is 3.55. The molecule has 1 N–H and O–H groups in total. The molecule has 0 saturated carbocycles. The van der Waals surface area contributed by atoms with Gasteiger partial charge in [-0.3, -0.25) is 0 Å². The first-order chi connectivity index (χ1) is 8.90. The number of rotatable bonds is 1. The van der Waals surface area contributed by atoms with Crippen LogP contribution < -0.4 is 10.2 Å². The van der Waals surface area contributed by atoms with E-state index in [9.17, 15) is 0 Å². The van der Waals surface area contributed by atoms with Crippen molar-refractivity contribution in [3.63, 3.8) is 0 Å². The molecule has 2 aliphatic heterocycles. The van der Waals surface area contributed by atoms with E-state index in [-0.39, 0.29) is 0 Å². The number of piperidine rings is 1. The summed E-state index contributed by atoms with van der Waals surface area (Å²) in [7, 11) is 0. The standard InChI is InChI=1S/C15H21N3/c1-3-11-6-7-15(17-13(11)5-1)18-9-12-4-2-8-16-14(12)10-18/h6-7,12,14,16H,1-5,8-10H2. The Balaban J connectivity index is 1.57. The average molecular weight is 243 g/mol. The van der Waals surface area contributed by atoms with E-state index in [1.165, 1.54) is 62.3 Å². The number of anilines is 1. The molecule has 96 valence electrons. The number of aryl methyl sites for hydroxylation is 2. The van der Waals surface area contributed by atoms with E-state index in [1.807, 2.05) is 0 Å².